The highest BCUT2D eigenvalue weighted by molar-refractivity contribution is 7.99. The molecule has 0 aromatic carbocycles. The van der Waals surface area contributed by atoms with Crippen molar-refractivity contribution in [1.82, 2.24) is 15.3 Å². The van der Waals surface area contributed by atoms with Crippen LogP contribution in [0, 0.1) is 5.92 Å². The number of hydrogen-bond donors (Lipinski definition) is 1. The van der Waals surface area contributed by atoms with Crippen LogP contribution in [-0.2, 0) is 6.54 Å². The van der Waals surface area contributed by atoms with Crippen LogP contribution >= 0.6 is 11.8 Å². The lowest BCUT2D eigenvalue weighted by Gasteiger charge is -2.27. The summed E-state index contributed by atoms with van der Waals surface area (Å²) in [6, 6.07) is 0. The number of anilines is 1. The van der Waals surface area contributed by atoms with Crippen LogP contribution in [0.15, 0.2) is 12.4 Å². The van der Waals surface area contributed by atoms with Crippen LogP contribution < -0.4 is 10.2 Å². The molecule has 4 nitrogen and oxygen atoms in total. The Morgan fingerprint density at radius 1 is 1.28 bits per heavy atom. The second kappa shape index (κ2) is 6.95. The summed E-state index contributed by atoms with van der Waals surface area (Å²) in [5, 5.41) is 3.38. The van der Waals surface area contributed by atoms with Crippen molar-refractivity contribution in [2.45, 2.75) is 20.4 Å². The summed E-state index contributed by atoms with van der Waals surface area (Å²) in [7, 11) is 0. The van der Waals surface area contributed by atoms with E-state index >= 15 is 0 Å². The molecule has 0 atom stereocenters. The molecule has 1 N–H and O–H groups in total. The average molecular weight is 266 g/mol. The molecule has 0 aliphatic carbocycles. The van der Waals surface area contributed by atoms with Crippen LogP contribution in [0.2, 0.25) is 0 Å². The van der Waals surface area contributed by atoms with Crippen molar-refractivity contribution in [2.75, 3.05) is 36.0 Å². The summed E-state index contributed by atoms with van der Waals surface area (Å²) in [5.41, 5.74) is 1.02. The van der Waals surface area contributed by atoms with Gasteiger partial charge in [0.25, 0.3) is 0 Å². The van der Waals surface area contributed by atoms with Gasteiger partial charge in [0, 0.05) is 31.1 Å². The summed E-state index contributed by atoms with van der Waals surface area (Å²) < 4.78 is 0. The lowest BCUT2D eigenvalue weighted by Crippen LogP contribution is -2.33. The van der Waals surface area contributed by atoms with Crippen molar-refractivity contribution >= 4 is 17.6 Å². The first kappa shape index (κ1) is 13.6. The highest BCUT2D eigenvalue weighted by atomic mass is 32.2. The van der Waals surface area contributed by atoms with Gasteiger partial charge in [-0.3, -0.25) is 4.98 Å². The molecule has 1 aliphatic heterocycles. The largest absolute Gasteiger partial charge is 0.354 e. The summed E-state index contributed by atoms with van der Waals surface area (Å²) in [4.78, 5) is 11.3. The van der Waals surface area contributed by atoms with Gasteiger partial charge in [0.1, 0.15) is 5.82 Å². The Kier molecular flexibility index (Phi) is 5.26. The molecule has 100 valence electrons. The van der Waals surface area contributed by atoms with E-state index in [-0.39, 0.29) is 0 Å². The number of nitrogens with one attached hydrogen (secondary N) is 1. The molecule has 1 aliphatic rings. The van der Waals surface area contributed by atoms with E-state index < -0.39 is 0 Å². The molecule has 0 unspecified atom stereocenters. The zero-order valence-electron chi connectivity index (χ0n) is 11.2. The maximum absolute atomic E-state index is 4.51. The minimum Gasteiger partial charge on any atom is -0.354 e. The minimum absolute atomic E-state index is 0.670. The molecular formula is C13H22N4S. The molecule has 1 aromatic heterocycles. The first-order chi connectivity index (χ1) is 8.75. The van der Waals surface area contributed by atoms with Crippen LogP contribution in [0.25, 0.3) is 0 Å². The van der Waals surface area contributed by atoms with Gasteiger partial charge >= 0.3 is 0 Å². The second-order valence-corrected chi connectivity index (χ2v) is 6.21. The van der Waals surface area contributed by atoms with E-state index in [0.29, 0.717) is 5.92 Å². The predicted octanol–water partition coefficient (Wildman–Crippen LogP) is 1.78. The zero-order chi connectivity index (χ0) is 12.8. The maximum atomic E-state index is 4.51. The molecule has 0 saturated carbocycles. The van der Waals surface area contributed by atoms with Crippen LogP contribution in [0.1, 0.15) is 19.5 Å². The SMILES string of the molecule is CC(C)CNCc1cnc(N2CCSCC2)cn1. The summed E-state index contributed by atoms with van der Waals surface area (Å²) in [5.74, 6) is 4.07. The van der Waals surface area contributed by atoms with E-state index in [1.54, 1.807) is 0 Å². The second-order valence-electron chi connectivity index (χ2n) is 4.99. The zero-order valence-corrected chi connectivity index (χ0v) is 12.0. The Morgan fingerprint density at radius 3 is 2.67 bits per heavy atom. The lowest BCUT2D eigenvalue weighted by molar-refractivity contribution is 0.547. The Balaban J connectivity index is 1.84. The highest BCUT2D eigenvalue weighted by Crippen LogP contribution is 2.15. The van der Waals surface area contributed by atoms with E-state index in [9.17, 15) is 0 Å². The van der Waals surface area contributed by atoms with Crippen molar-refractivity contribution in [3.63, 3.8) is 0 Å². The van der Waals surface area contributed by atoms with Crippen LogP contribution in [0.4, 0.5) is 5.82 Å². The molecule has 5 heteroatoms. The quantitative estimate of drug-likeness (QED) is 0.880. The molecule has 0 radical (unpaired) electrons. The Morgan fingerprint density at radius 2 is 2.06 bits per heavy atom. The van der Waals surface area contributed by atoms with Crippen molar-refractivity contribution in [1.29, 1.82) is 0 Å². The molecule has 1 saturated heterocycles. The number of thioether (sulfide) groups is 1. The highest BCUT2D eigenvalue weighted by Gasteiger charge is 2.12. The molecule has 0 spiro atoms. The van der Waals surface area contributed by atoms with Crippen LogP contribution in [-0.4, -0.2) is 41.1 Å². The first-order valence-corrected chi connectivity index (χ1v) is 7.75. The van der Waals surface area contributed by atoms with E-state index in [0.717, 1.165) is 37.7 Å². The average Bonchev–Trinajstić information content (AvgIpc) is 2.40. The van der Waals surface area contributed by atoms with Gasteiger partial charge in [0.2, 0.25) is 0 Å². The molecule has 2 heterocycles. The van der Waals surface area contributed by atoms with Gasteiger partial charge in [-0.25, -0.2) is 4.98 Å². The van der Waals surface area contributed by atoms with Crippen LogP contribution in [0.3, 0.4) is 0 Å². The monoisotopic (exact) mass is 266 g/mol. The van der Waals surface area contributed by atoms with E-state index in [1.807, 2.05) is 24.2 Å². The van der Waals surface area contributed by atoms with Crippen molar-refractivity contribution in [2.24, 2.45) is 5.92 Å². The van der Waals surface area contributed by atoms with Crippen molar-refractivity contribution in [3.8, 4) is 0 Å². The van der Waals surface area contributed by atoms with Crippen molar-refractivity contribution < 1.29 is 0 Å². The lowest BCUT2D eigenvalue weighted by atomic mass is 10.2. The van der Waals surface area contributed by atoms with Crippen LogP contribution in [0.5, 0.6) is 0 Å². The smallest absolute Gasteiger partial charge is 0.147 e. The molecule has 0 amide bonds. The van der Waals surface area contributed by atoms with Gasteiger partial charge < -0.3 is 10.2 Å². The molecule has 0 bridgehead atoms. The third kappa shape index (κ3) is 4.14. The third-order valence-corrected chi connectivity index (χ3v) is 3.83. The van der Waals surface area contributed by atoms with Crippen molar-refractivity contribution in [3.05, 3.63) is 18.1 Å². The Bertz CT molecular complexity index is 347. The number of hydrogen-bond acceptors (Lipinski definition) is 5. The first-order valence-electron chi connectivity index (χ1n) is 6.60. The van der Waals surface area contributed by atoms with Gasteiger partial charge in [-0.2, -0.15) is 11.8 Å². The molecule has 2 rings (SSSR count). The maximum Gasteiger partial charge on any atom is 0.147 e. The fourth-order valence-electron chi connectivity index (χ4n) is 1.88. The van der Waals surface area contributed by atoms with E-state index in [2.05, 4.69) is 34.0 Å². The number of aromatic nitrogens is 2. The summed E-state index contributed by atoms with van der Waals surface area (Å²) in [6.45, 7) is 8.41. The van der Waals surface area contributed by atoms with Gasteiger partial charge in [-0.05, 0) is 12.5 Å². The normalized spacial score (nSPS) is 16.3. The number of rotatable bonds is 5. The Hall–Kier alpha value is -0.810. The van der Waals surface area contributed by atoms with Gasteiger partial charge in [-0.15, -0.1) is 0 Å². The minimum atomic E-state index is 0.670. The van der Waals surface area contributed by atoms with Gasteiger partial charge in [0.15, 0.2) is 0 Å². The van der Waals surface area contributed by atoms with E-state index in [4.69, 9.17) is 0 Å². The predicted molar refractivity (Wildman–Crippen MR) is 78.1 cm³/mol. The topological polar surface area (TPSA) is 41.1 Å². The summed E-state index contributed by atoms with van der Waals surface area (Å²) in [6.07, 6.45) is 3.80. The standard InChI is InChI=1S/C13H22N4S/c1-11(2)7-14-8-12-9-16-13(10-15-12)17-3-5-18-6-4-17/h9-11,14H,3-8H2,1-2H3. The fraction of sp³-hybridized carbons (Fsp3) is 0.692. The molecular weight excluding hydrogens is 244 g/mol. The number of nitrogens with zero attached hydrogens (tertiary/aromatic N) is 3. The third-order valence-electron chi connectivity index (χ3n) is 2.89. The molecule has 18 heavy (non-hydrogen) atoms. The Labute approximate surface area is 114 Å². The van der Waals surface area contributed by atoms with Gasteiger partial charge in [-0.1, -0.05) is 13.8 Å². The van der Waals surface area contributed by atoms with E-state index in [1.165, 1.54) is 11.5 Å². The fourth-order valence-corrected chi connectivity index (χ4v) is 2.79. The van der Waals surface area contributed by atoms with Gasteiger partial charge in [0.05, 0.1) is 18.1 Å². The molecule has 1 aromatic rings. The molecule has 1 fully saturated rings. The summed E-state index contributed by atoms with van der Waals surface area (Å²) >= 11 is 2.01.